The van der Waals surface area contributed by atoms with Gasteiger partial charge in [-0.25, -0.2) is 14.5 Å². The van der Waals surface area contributed by atoms with Crippen molar-refractivity contribution in [3.8, 4) is 34.5 Å². The number of benzene rings is 5. The number of aromatic hydroxyl groups is 1. The van der Waals surface area contributed by atoms with E-state index in [4.69, 9.17) is 19.6 Å². The molecule has 5 aromatic carbocycles. The van der Waals surface area contributed by atoms with Gasteiger partial charge in [0.1, 0.15) is 23.6 Å². The molecule has 1 aliphatic rings. The van der Waals surface area contributed by atoms with Crippen LogP contribution in [0.15, 0.2) is 103 Å². The molecule has 8 rings (SSSR count). The standard InChI is InChI=1S/C33H22N4O3/c1-39-22-14-10-21(11-15-22)27-28-23-8-4-2-6-19(23)13-17-26(28)40-33-29(27)32-35-31(36-37(32)18-34-33)25-16-12-20-7-3-5-9-24(20)30(25)38/h2-18,27,38H,1H3/t27-/m0/s1. The molecule has 0 bridgehead atoms. The number of methoxy groups -OCH3 is 1. The first-order valence-electron chi connectivity index (χ1n) is 13.0. The summed E-state index contributed by atoms with van der Waals surface area (Å²) in [7, 11) is 1.66. The third-order valence-electron chi connectivity index (χ3n) is 7.69. The average Bonchev–Trinajstić information content (AvgIpc) is 3.44. The summed E-state index contributed by atoms with van der Waals surface area (Å²) in [6, 6.07) is 32.0. The second-order valence-corrected chi connectivity index (χ2v) is 9.86. The molecule has 7 nitrogen and oxygen atoms in total. The lowest BCUT2D eigenvalue weighted by Crippen LogP contribution is -2.15. The molecule has 192 valence electrons. The maximum atomic E-state index is 11.2. The maximum Gasteiger partial charge on any atom is 0.228 e. The number of fused-ring (bicyclic) bond motifs is 7. The van der Waals surface area contributed by atoms with Crippen LogP contribution >= 0.6 is 0 Å². The zero-order chi connectivity index (χ0) is 26.8. The zero-order valence-electron chi connectivity index (χ0n) is 21.4. The van der Waals surface area contributed by atoms with Crippen LogP contribution in [0.1, 0.15) is 22.6 Å². The number of ether oxygens (including phenoxy) is 2. The van der Waals surface area contributed by atoms with E-state index in [1.807, 2.05) is 66.7 Å². The minimum absolute atomic E-state index is 0.148. The van der Waals surface area contributed by atoms with E-state index in [1.54, 1.807) is 18.0 Å². The smallest absolute Gasteiger partial charge is 0.228 e. The summed E-state index contributed by atoms with van der Waals surface area (Å²) in [4.78, 5) is 9.64. The van der Waals surface area contributed by atoms with Crippen LogP contribution in [0.4, 0.5) is 0 Å². The van der Waals surface area contributed by atoms with E-state index in [0.29, 0.717) is 22.9 Å². The molecule has 2 aromatic heterocycles. The quantitative estimate of drug-likeness (QED) is 0.267. The lowest BCUT2D eigenvalue weighted by Gasteiger charge is -2.29. The van der Waals surface area contributed by atoms with E-state index in [-0.39, 0.29) is 11.7 Å². The van der Waals surface area contributed by atoms with Crippen molar-refractivity contribution >= 4 is 27.2 Å². The van der Waals surface area contributed by atoms with Crippen LogP contribution in [0.25, 0.3) is 38.6 Å². The summed E-state index contributed by atoms with van der Waals surface area (Å²) >= 11 is 0. The number of hydrogen-bond donors (Lipinski definition) is 1. The van der Waals surface area contributed by atoms with Crippen molar-refractivity contribution in [2.75, 3.05) is 7.11 Å². The molecule has 0 saturated heterocycles. The van der Waals surface area contributed by atoms with E-state index in [1.165, 1.54) is 0 Å². The highest BCUT2D eigenvalue weighted by molar-refractivity contribution is 5.94. The van der Waals surface area contributed by atoms with Gasteiger partial charge in [0.15, 0.2) is 11.5 Å². The predicted octanol–water partition coefficient (Wildman–Crippen LogP) is 7.10. The molecule has 7 aromatic rings. The lowest BCUT2D eigenvalue weighted by molar-refractivity contribution is 0.414. The Bertz CT molecular complexity index is 2100. The molecule has 0 amide bonds. The number of phenolic OH excluding ortho intramolecular Hbond substituents is 1. The Hall–Kier alpha value is -5.43. The second kappa shape index (κ2) is 8.54. The molecule has 3 heterocycles. The lowest BCUT2D eigenvalue weighted by atomic mass is 9.81. The van der Waals surface area contributed by atoms with Gasteiger partial charge in [-0.15, -0.1) is 5.10 Å². The largest absolute Gasteiger partial charge is 0.507 e. The van der Waals surface area contributed by atoms with Gasteiger partial charge in [0.05, 0.1) is 18.2 Å². The first-order chi connectivity index (χ1) is 19.7. The van der Waals surface area contributed by atoms with Gasteiger partial charge in [-0.2, -0.15) is 0 Å². The number of hydrogen-bond acceptors (Lipinski definition) is 6. The van der Waals surface area contributed by atoms with Crippen LogP contribution in [0.2, 0.25) is 0 Å². The third-order valence-corrected chi connectivity index (χ3v) is 7.69. The maximum absolute atomic E-state index is 11.2. The van der Waals surface area contributed by atoms with E-state index in [0.717, 1.165) is 49.7 Å². The Balaban J connectivity index is 1.40. The molecule has 1 aliphatic heterocycles. The first kappa shape index (κ1) is 22.5. The number of rotatable bonds is 3. The van der Waals surface area contributed by atoms with Gasteiger partial charge in [0, 0.05) is 16.9 Å². The van der Waals surface area contributed by atoms with Gasteiger partial charge >= 0.3 is 0 Å². The first-order valence-corrected chi connectivity index (χ1v) is 13.0. The van der Waals surface area contributed by atoms with Crippen LogP contribution in [0.5, 0.6) is 23.1 Å². The molecule has 0 radical (unpaired) electrons. The molecule has 7 heteroatoms. The summed E-state index contributed by atoms with van der Waals surface area (Å²) in [5.41, 5.74) is 4.09. The Kier molecular flexibility index (Phi) is 4.81. The van der Waals surface area contributed by atoms with Crippen LogP contribution in [0, 0.1) is 0 Å². The zero-order valence-corrected chi connectivity index (χ0v) is 21.4. The second-order valence-electron chi connectivity index (χ2n) is 9.86. The SMILES string of the molecule is COc1ccc([C@H]2c3c(ccc4ccccc34)Oc3ncn4nc(-c5ccc6ccccc6c5O)nc4c32)cc1. The fraction of sp³-hybridized carbons (Fsp3) is 0.0606. The molecule has 0 saturated carbocycles. The predicted molar refractivity (Wildman–Crippen MR) is 153 cm³/mol. The van der Waals surface area contributed by atoms with Gasteiger partial charge in [-0.05, 0) is 46.0 Å². The highest BCUT2D eigenvalue weighted by Gasteiger charge is 2.35. The van der Waals surface area contributed by atoms with Gasteiger partial charge in [-0.1, -0.05) is 72.8 Å². The molecular formula is C33H22N4O3. The van der Waals surface area contributed by atoms with E-state index in [9.17, 15) is 5.11 Å². The fourth-order valence-electron chi connectivity index (χ4n) is 5.78. The minimum Gasteiger partial charge on any atom is -0.507 e. The summed E-state index contributed by atoms with van der Waals surface area (Å²) in [5.74, 6) is 2.36. The number of nitrogens with zero attached hydrogens (tertiary/aromatic N) is 4. The average molecular weight is 523 g/mol. The van der Waals surface area contributed by atoms with Crippen molar-refractivity contribution in [2.45, 2.75) is 5.92 Å². The van der Waals surface area contributed by atoms with Crippen molar-refractivity contribution in [3.63, 3.8) is 0 Å². The van der Waals surface area contributed by atoms with Gasteiger partial charge in [-0.3, -0.25) is 0 Å². The van der Waals surface area contributed by atoms with Crippen LogP contribution < -0.4 is 9.47 Å². The normalized spacial score (nSPS) is 14.2. The van der Waals surface area contributed by atoms with Gasteiger partial charge in [0.25, 0.3) is 0 Å². The Morgan fingerprint density at radius 3 is 2.33 bits per heavy atom. The summed E-state index contributed by atoms with van der Waals surface area (Å²) in [5, 5.41) is 19.8. The van der Waals surface area contributed by atoms with E-state index in [2.05, 4.69) is 35.3 Å². The van der Waals surface area contributed by atoms with Gasteiger partial charge in [0.2, 0.25) is 5.88 Å². The molecular weight excluding hydrogens is 500 g/mol. The molecule has 40 heavy (non-hydrogen) atoms. The summed E-state index contributed by atoms with van der Waals surface area (Å²) < 4.78 is 13.5. The number of aromatic nitrogens is 4. The van der Waals surface area contributed by atoms with E-state index < -0.39 is 0 Å². The van der Waals surface area contributed by atoms with Crippen LogP contribution in [-0.2, 0) is 0 Å². The van der Waals surface area contributed by atoms with Crippen LogP contribution in [-0.4, -0.2) is 31.8 Å². The monoisotopic (exact) mass is 522 g/mol. The molecule has 0 aliphatic carbocycles. The molecule has 1 N–H and O–H groups in total. The topological polar surface area (TPSA) is 81.8 Å². The number of phenols is 1. The molecule has 1 atom stereocenters. The minimum atomic E-state index is -0.228. The van der Waals surface area contributed by atoms with Crippen molar-refractivity contribution < 1.29 is 14.6 Å². The van der Waals surface area contributed by atoms with Crippen LogP contribution in [0.3, 0.4) is 0 Å². The Morgan fingerprint density at radius 1 is 0.800 bits per heavy atom. The highest BCUT2D eigenvalue weighted by atomic mass is 16.5. The summed E-state index contributed by atoms with van der Waals surface area (Å²) in [6.07, 6.45) is 1.61. The Morgan fingerprint density at radius 2 is 1.52 bits per heavy atom. The third kappa shape index (κ3) is 3.27. The van der Waals surface area contributed by atoms with Crippen molar-refractivity contribution in [1.82, 2.24) is 19.6 Å². The molecule has 0 fully saturated rings. The highest BCUT2D eigenvalue weighted by Crippen LogP contribution is 2.50. The van der Waals surface area contributed by atoms with E-state index >= 15 is 0 Å². The summed E-state index contributed by atoms with van der Waals surface area (Å²) in [6.45, 7) is 0. The van der Waals surface area contributed by atoms with Crippen molar-refractivity contribution in [1.29, 1.82) is 0 Å². The van der Waals surface area contributed by atoms with Gasteiger partial charge < -0.3 is 14.6 Å². The van der Waals surface area contributed by atoms with Crippen molar-refractivity contribution in [2.24, 2.45) is 0 Å². The molecule has 0 spiro atoms. The molecule has 0 unspecified atom stereocenters. The van der Waals surface area contributed by atoms with Crippen molar-refractivity contribution in [3.05, 3.63) is 120 Å². The fourth-order valence-corrected chi connectivity index (χ4v) is 5.78. The Labute approximate surface area is 228 Å².